The summed E-state index contributed by atoms with van der Waals surface area (Å²) in [4.78, 5) is 28.1. The Labute approximate surface area is 209 Å². The van der Waals surface area contributed by atoms with Crippen molar-refractivity contribution in [1.29, 1.82) is 0 Å². The Balaban J connectivity index is 1.49. The molecule has 1 aliphatic carbocycles. The third kappa shape index (κ3) is 6.17. The van der Waals surface area contributed by atoms with Crippen molar-refractivity contribution < 1.29 is 14.3 Å². The lowest BCUT2D eigenvalue weighted by Gasteiger charge is -2.31. The van der Waals surface area contributed by atoms with Gasteiger partial charge < -0.3 is 15.0 Å². The maximum Gasteiger partial charge on any atom is 0.261 e. The molecule has 0 aliphatic heterocycles. The van der Waals surface area contributed by atoms with Gasteiger partial charge in [0.15, 0.2) is 6.61 Å². The summed E-state index contributed by atoms with van der Waals surface area (Å²) in [5.41, 5.74) is 0.957. The zero-order chi connectivity index (χ0) is 23.9. The van der Waals surface area contributed by atoms with Gasteiger partial charge in [-0.3, -0.25) is 9.59 Å². The lowest BCUT2D eigenvalue weighted by molar-refractivity contribution is -0.142. The first-order valence-corrected chi connectivity index (χ1v) is 12.8. The highest BCUT2D eigenvalue weighted by atomic mass is 79.9. The van der Waals surface area contributed by atoms with Gasteiger partial charge in [0.25, 0.3) is 5.91 Å². The van der Waals surface area contributed by atoms with Crippen LogP contribution in [0, 0.1) is 0 Å². The lowest BCUT2D eigenvalue weighted by atomic mass is 9.95. The van der Waals surface area contributed by atoms with E-state index in [1.807, 2.05) is 66.7 Å². The highest BCUT2D eigenvalue weighted by Crippen LogP contribution is 2.25. The summed E-state index contributed by atoms with van der Waals surface area (Å²) in [7, 11) is 0. The number of carbonyl (C=O) groups excluding carboxylic acids is 2. The molecular formula is C28H31BrN2O3. The summed E-state index contributed by atoms with van der Waals surface area (Å²) in [5, 5.41) is 5.18. The van der Waals surface area contributed by atoms with Gasteiger partial charge >= 0.3 is 0 Å². The normalized spacial score (nSPS) is 15.0. The van der Waals surface area contributed by atoms with E-state index in [0.29, 0.717) is 12.3 Å². The van der Waals surface area contributed by atoms with E-state index in [1.165, 1.54) is 6.42 Å². The van der Waals surface area contributed by atoms with Crippen molar-refractivity contribution in [2.75, 3.05) is 6.61 Å². The predicted molar refractivity (Wildman–Crippen MR) is 139 cm³/mol. The van der Waals surface area contributed by atoms with Crippen LogP contribution < -0.4 is 10.1 Å². The van der Waals surface area contributed by atoms with Gasteiger partial charge in [-0.2, -0.15) is 0 Å². The first-order valence-electron chi connectivity index (χ1n) is 12.0. The molecule has 1 fully saturated rings. The van der Waals surface area contributed by atoms with Gasteiger partial charge in [0.05, 0.1) is 0 Å². The van der Waals surface area contributed by atoms with Crippen molar-refractivity contribution >= 4 is 38.5 Å². The smallest absolute Gasteiger partial charge is 0.261 e. The second kappa shape index (κ2) is 11.5. The number of fused-ring (bicyclic) bond motifs is 1. The average Bonchev–Trinajstić information content (AvgIpc) is 2.87. The molecule has 0 saturated heterocycles. The van der Waals surface area contributed by atoms with Gasteiger partial charge in [0.1, 0.15) is 11.8 Å². The van der Waals surface area contributed by atoms with E-state index in [-0.39, 0.29) is 24.5 Å². The Morgan fingerprint density at radius 2 is 1.71 bits per heavy atom. The molecule has 0 heterocycles. The molecule has 1 aliphatic rings. The molecular weight excluding hydrogens is 492 g/mol. The van der Waals surface area contributed by atoms with Crippen molar-refractivity contribution in [3.8, 4) is 5.75 Å². The van der Waals surface area contributed by atoms with Gasteiger partial charge in [-0.05, 0) is 48.9 Å². The molecule has 1 saturated carbocycles. The highest BCUT2D eigenvalue weighted by Gasteiger charge is 2.28. The van der Waals surface area contributed by atoms with Crippen LogP contribution in [0.3, 0.4) is 0 Å². The number of halogens is 1. The maximum atomic E-state index is 13.4. The Hall–Kier alpha value is -2.86. The van der Waals surface area contributed by atoms with Crippen LogP contribution in [0.15, 0.2) is 71.2 Å². The largest absolute Gasteiger partial charge is 0.483 e. The van der Waals surface area contributed by atoms with E-state index in [1.54, 1.807) is 11.8 Å². The second-order valence-electron chi connectivity index (χ2n) is 8.93. The Morgan fingerprint density at radius 3 is 2.47 bits per heavy atom. The van der Waals surface area contributed by atoms with Crippen molar-refractivity contribution in [3.05, 3.63) is 76.8 Å². The van der Waals surface area contributed by atoms with Crippen molar-refractivity contribution in [2.24, 2.45) is 0 Å². The molecule has 5 nitrogen and oxygen atoms in total. The Morgan fingerprint density at radius 1 is 1.00 bits per heavy atom. The number of hydrogen-bond donors (Lipinski definition) is 1. The van der Waals surface area contributed by atoms with E-state index in [4.69, 9.17) is 4.74 Å². The molecule has 34 heavy (non-hydrogen) atoms. The summed E-state index contributed by atoms with van der Waals surface area (Å²) >= 11 is 3.45. The van der Waals surface area contributed by atoms with Crippen molar-refractivity contribution in [1.82, 2.24) is 10.2 Å². The minimum atomic E-state index is -0.603. The van der Waals surface area contributed by atoms with E-state index in [0.717, 1.165) is 46.5 Å². The number of ether oxygens (including phenoxy) is 1. The van der Waals surface area contributed by atoms with Crippen LogP contribution >= 0.6 is 15.9 Å². The van der Waals surface area contributed by atoms with Gasteiger partial charge in [0.2, 0.25) is 5.91 Å². The van der Waals surface area contributed by atoms with Gasteiger partial charge in [-0.1, -0.05) is 83.7 Å². The van der Waals surface area contributed by atoms with E-state index in [9.17, 15) is 9.59 Å². The Kier molecular flexibility index (Phi) is 8.22. The predicted octanol–water partition coefficient (Wildman–Crippen LogP) is 5.85. The van der Waals surface area contributed by atoms with Crippen LogP contribution in [0.25, 0.3) is 10.8 Å². The zero-order valence-electron chi connectivity index (χ0n) is 19.5. The number of amides is 2. The van der Waals surface area contributed by atoms with Crippen LogP contribution in [-0.4, -0.2) is 35.4 Å². The quantitative estimate of drug-likeness (QED) is 0.403. The Bertz CT molecular complexity index is 1120. The average molecular weight is 523 g/mol. The molecule has 178 valence electrons. The molecule has 1 N–H and O–H groups in total. The van der Waals surface area contributed by atoms with Crippen LogP contribution in [-0.2, 0) is 16.1 Å². The summed E-state index contributed by atoms with van der Waals surface area (Å²) in [6, 6.07) is 21.1. The number of hydrogen-bond acceptors (Lipinski definition) is 3. The van der Waals surface area contributed by atoms with Crippen molar-refractivity contribution in [2.45, 2.75) is 57.7 Å². The van der Waals surface area contributed by atoms with E-state index < -0.39 is 6.04 Å². The fraction of sp³-hybridized carbons (Fsp3) is 0.357. The van der Waals surface area contributed by atoms with E-state index in [2.05, 4.69) is 21.2 Å². The first kappa shape index (κ1) is 24.3. The number of benzene rings is 3. The fourth-order valence-corrected chi connectivity index (χ4v) is 4.75. The number of nitrogens with one attached hydrogen (secondary N) is 1. The summed E-state index contributed by atoms with van der Waals surface area (Å²) in [6.45, 7) is 2.00. The maximum absolute atomic E-state index is 13.4. The number of nitrogens with zero attached hydrogens (tertiary/aromatic N) is 1. The summed E-state index contributed by atoms with van der Waals surface area (Å²) in [6.07, 6.45) is 5.51. The van der Waals surface area contributed by atoms with Crippen molar-refractivity contribution in [3.63, 3.8) is 0 Å². The molecule has 1 atom stereocenters. The topological polar surface area (TPSA) is 58.6 Å². The third-order valence-electron chi connectivity index (χ3n) is 6.49. The molecule has 6 heteroatoms. The van der Waals surface area contributed by atoms with Gasteiger partial charge in [-0.15, -0.1) is 0 Å². The highest BCUT2D eigenvalue weighted by molar-refractivity contribution is 9.10. The standard InChI is InChI=1S/C28H31BrN2O3/c1-20(28(33)30-24-10-3-2-4-11-24)31(18-21-14-16-23(29)17-15-21)27(32)19-34-26-13-7-9-22-8-5-6-12-25(22)26/h5-9,12-17,20,24H,2-4,10-11,18-19H2,1H3,(H,30,33)/t20-/m0/s1. The third-order valence-corrected chi connectivity index (χ3v) is 7.01. The molecule has 0 bridgehead atoms. The minimum absolute atomic E-state index is 0.109. The molecule has 2 amide bonds. The first-order chi connectivity index (χ1) is 16.5. The molecule has 3 aromatic rings. The summed E-state index contributed by atoms with van der Waals surface area (Å²) in [5.74, 6) is 0.332. The molecule has 0 unspecified atom stereocenters. The summed E-state index contributed by atoms with van der Waals surface area (Å²) < 4.78 is 6.94. The van der Waals surface area contributed by atoms with Crippen LogP contribution in [0.5, 0.6) is 5.75 Å². The number of carbonyl (C=O) groups is 2. The van der Waals surface area contributed by atoms with Gasteiger partial charge in [-0.25, -0.2) is 0 Å². The minimum Gasteiger partial charge on any atom is -0.483 e. The molecule has 0 radical (unpaired) electrons. The fourth-order valence-electron chi connectivity index (χ4n) is 4.48. The van der Waals surface area contributed by atoms with Gasteiger partial charge in [0, 0.05) is 22.4 Å². The number of rotatable bonds is 8. The van der Waals surface area contributed by atoms with Crippen LogP contribution in [0.4, 0.5) is 0 Å². The zero-order valence-corrected chi connectivity index (χ0v) is 21.1. The van der Waals surface area contributed by atoms with Crippen LogP contribution in [0.2, 0.25) is 0 Å². The SMILES string of the molecule is C[C@@H](C(=O)NC1CCCCC1)N(Cc1ccc(Br)cc1)C(=O)COc1cccc2ccccc12. The molecule has 0 aromatic heterocycles. The molecule has 4 rings (SSSR count). The molecule has 3 aromatic carbocycles. The van der Waals surface area contributed by atoms with E-state index >= 15 is 0 Å². The van der Waals surface area contributed by atoms with Crippen LogP contribution in [0.1, 0.15) is 44.6 Å². The molecule has 0 spiro atoms. The second-order valence-corrected chi connectivity index (χ2v) is 9.85. The lowest BCUT2D eigenvalue weighted by Crippen LogP contribution is -2.51. The monoisotopic (exact) mass is 522 g/mol.